The van der Waals surface area contributed by atoms with E-state index < -0.39 is 5.60 Å². The fourth-order valence-electron chi connectivity index (χ4n) is 3.53. The van der Waals surface area contributed by atoms with Crippen molar-refractivity contribution in [1.29, 1.82) is 0 Å². The number of hydrogen-bond acceptors (Lipinski definition) is 4. The summed E-state index contributed by atoms with van der Waals surface area (Å²) in [6.07, 6.45) is 1.20. The molecular formula is C21H37N5O3. The average molecular weight is 408 g/mol. The molecule has 1 saturated heterocycles. The minimum Gasteiger partial charge on any atom is -0.444 e. The van der Waals surface area contributed by atoms with Gasteiger partial charge in [0.15, 0.2) is 0 Å². The van der Waals surface area contributed by atoms with Crippen LogP contribution in [0.3, 0.4) is 0 Å². The Bertz CT molecular complexity index is 702. The number of aryl methyl sites for hydroxylation is 2. The Kier molecular flexibility index (Phi) is 7.54. The molecule has 1 aliphatic rings. The van der Waals surface area contributed by atoms with Crippen molar-refractivity contribution < 1.29 is 14.3 Å². The number of likely N-dealkylation sites (tertiary alicyclic amines) is 1. The van der Waals surface area contributed by atoms with Crippen LogP contribution in [0, 0.1) is 19.8 Å². The molecule has 0 bridgehead atoms. The summed E-state index contributed by atoms with van der Waals surface area (Å²) < 4.78 is 7.43. The second-order valence-electron chi connectivity index (χ2n) is 9.21. The predicted octanol–water partition coefficient (Wildman–Crippen LogP) is 3.18. The molecule has 3 amide bonds. The number of ether oxygens (including phenoxy) is 1. The lowest BCUT2D eigenvalue weighted by molar-refractivity contribution is 0.0168. The van der Waals surface area contributed by atoms with Crippen LogP contribution in [0.1, 0.15) is 51.9 Å². The van der Waals surface area contributed by atoms with Crippen molar-refractivity contribution in [2.24, 2.45) is 5.92 Å². The molecule has 2 heterocycles. The topological polar surface area (TPSA) is 79.7 Å². The number of nitrogens with zero attached hydrogens (tertiary/aromatic N) is 4. The van der Waals surface area contributed by atoms with Crippen LogP contribution in [-0.4, -0.2) is 70.0 Å². The van der Waals surface area contributed by atoms with Crippen LogP contribution in [0.25, 0.3) is 0 Å². The van der Waals surface area contributed by atoms with E-state index in [1.807, 2.05) is 44.2 Å². The molecule has 29 heavy (non-hydrogen) atoms. The second-order valence-corrected chi connectivity index (χ2v) is 9.21. The Morgan fingerprint density at radius 1 is 1.31 bits per heavy atom. The Morgan fingerprint density at radius 2 is 1.93 bits per heavy atom. The van der Waals surface area contributed by atoms with Gasteiger partial charge in [0.05, 0.1) is 5.69 Å². The molecule has 0 spiro atoms. The minimum atomic E-state index is -0.504. The summed E-state index contributed by atoms with van der Waals surface area (Å²) >= 11 is 0. The van der Waals surface area contributed by atoms with Crippen molar-refractivity contribution in [2.45, 2.75) is 72.6 Å². The Hall–Kier alpha value is -2.25. The number of rotatable bonds is 5. The van der Waals surface area contributed by atoms with Crippen LogP contribution in [0.5, 0.6) is 0 Å². The third-order valence-corrected chi connectivity index (χ3v) is 5.17. The van der Waals surface area contributed by atoms with Gasteiger partial charge >= 0.3 is 12.1 Å². The molecule has 1 aromatic heterocycles. The van der Waals surface area contributed by atoms with Crippen molar-refractivity contribution in [3.63, 3.8) is 0 Å². The maximum atomic E-state index is 12.5. The first-order chi connectivity index (χ1) is 13.5. The van der Waals surface area contributed by atoms with E-state index in [9.17, 15) is 9.59 Å². The third kappa shape index (κ3) is 6.94. The van der Waals surface area contributed by atoms with Gasteiger partial charge in [0.25, 0.3) is 0 Å². The molecule has 0 aromatic carbocycles. The van der Waals surface area contributed by atoms with Gasteiger partial charge in [-0.2, -0.15) is 5.10 Å². The highest BCUT2D eigenvalue weighted by Crippen LogP contribution is 2.18. The molecule has 8 nitrogen and oxygen atoms in total. The molecule has 164 valence electrons. The first-order valence-corrected chi connectivity index (χ1v) is 10.5. The number of carbonyl (C=O) groups excluding carboxylic acids is 2. The van der Waals surface area contributed by atoms with Gasteiger partial charge in [0.2, 0.25) is 0 Å². The van der Waals surface area contributed by atoms with Crippen molar-refractivity contribution in [3.05, 3.63) is 17.5 Å². The highest BCUT2D eigenvalue weighted by Gasteiger charge is 2.30. The molecule has 1 N–H and O–H groups in total. The molecule has 1 aliphatic heterocycles. The number of piperidine rings is 1. The monoisotopic (exact) mass is 407 g/mol. The lowest BCUT2D eigenvalue weighted by Crippen LogP contribution is -2.51. The molecular weight excluding hydrogens is 370 g/mol. The van der Waals surface area contributed by atoms with Crippen molar-refractivity contribution in [2.75, 3.05) is 26.7 Å². The van der Waals surface area contributed by atoms with E-state index >= 15 is 0 Å². The second kappa shape index (κ2) is 9.50. The van der Waals surface area contributed by atoms with Gasteiger partial charge in [0.1, 0.15) is 5.60 Å². The van der Waals surface area contributed by atoms with Gasteiger partial charge < -0.3 is 19.9 Å². The third-order valence-electron chi connectivity index (χ3n) is 5.17. The smallest absolute Gasteiger partial charge is 0.410 e. The summed E-state index contributed by atoms with van der Waals surface area (Å²) in [5, 5.41) is 7.52. The van der Waals surface area contributed by atoms with Crippen LogP contribution in [0.15, 0.2) is 6.07 Å². The number of nitrogens with one attached hydrogen (secondary N) is 1. The summed E-state index contributed by atoms with van der Waals surface area (Å²) in [5.74, 6) is 0.285. The fraction of sp³-hybridized carbons (Fsp3) is 0.762. The normalized spacial score (nSPS) is 16.4. The summed E-state index contributed by atoms with van der Waals surface area (Å²) in [5.41, 5.74) is 1.64. The van der Waals surface area contributed by atoms with Crippen molar-refractivity contribution in [3.8, 4) is 0 Å². The zero-order chi connectivity index (χ0) is 21.8. The van der Waals surface area contributed by atoms with Gasteiger partial charge in [-0.25, -0.2) is 9.59 Å². The van der Waals surface area contributed by atoms with Crippen LogP contribution in [0.2, 0.25) is 0 Å². The van der Waals surface area contributed by atoms with Crippen molar-refractivity contribution >= 4 is 12.1 Å². The van der Waals surface area contributed by atoms with E-state index in [0.717, 1.165) is 30.8 Å². The highest BCUT2D eigenvalue weighted by atomic mass is 16.6. The SMILES string of the molecule is Cc1cc(C)n(CC(C)CNC(=O)N2CCC(N(C)C(=O)OC(C)(C)C)CC2)n1. The van der Waals surface area contributed by atoms with Gasteiger partial charge in [-0.15, -0.1) is 0 Å². The summed E-state index contributed by atoms with van der Waals surface area (Å²) in [7, 11) is 1.77. The zero-order valence-corrected chi connectivity index (χ0v) is 19.0. The average Bonchev–Trinajstić information content (AvgIpc) is 2.94. The highest BCUT2D eigenvalue weighted by molar-refractivity contribution is 5.74. The van der Waals surface area contributed by atoms with E-state index in [2.05, 4.69) is 23.4 Å². The number of amides is 3. The van der Waals surface area contributed by atoms with E-state index in [0.29, 0.717) is 19.6 Å². The van der Waals surface area contributed by atoms with Crippen LogP contribution in [0.4, 0.5) is 9.59 Å². The maximum Gasteiger partial charge on any atom is 0.410 e. The zero-order valence-electron chi connectivity index (χ0n) is 19.0. The number of aromatic nitrogens is 2. The fourth-order valence-corrected chi connectivity index (χ4v) is 3.53. The van der Waals surface area contributed by atoms with E-state index in [1.54, 1.807) is 11.9 Å². The predicted molar refractivity (Wildman–Crippen MR) is 113 cm³/mol. The standard InChI is InChI=1S/C21H37N5O3/c1-15(14-26-17(3)12-16(2)23-26)13-22-19(27)25-10-8-18(9-11-25)24(7)20(28)29-21(4,5)6/h12,15,18H,8-11,13-14H2,1-7H3,(H,22,27). The first kappa shape index (κ1) is 23.0. The largest absolute Gasteiger partial charge is 0.444 e. The van der Waals surface area contributed by atoms with Crippen LogP contribution in [-0.2, 0) is 11.3 Å². The molecule has 0 saturated carbocycles. The molecule has 1 unspecified atom stereocenters. The van der Waals surface area contributed by atoms with Crippen LogP contribution < -0.4 is 5.32 Å². The first-order valence-electron chi connectivity index (χ1n) is 10.5. The molecule has 0 aliphatic carbocycles. The molecule has 2 rings (SSSR count). The maximum absolute atomic E-state index is 12.5. The minimum absolute atomic E-state index is 0.0383. The lowest BCUT2D eigenvalue weighted by Gasteiger charge is -2.37. The van der Waals surface area contributed by atoms with Crippen LogP contribution >= 0.6 is 0 Å². The quantitative estimate of drug-likeness (QED) is 0.813. The summed E-state index contributed by atoms with van der Waals surface area (Å²) in [6.45, 7) is 14.4. The molecule has 1 atom stereocenters. The molecule has 1 fully saturated rings. The molecule has 1 aromatic rings. The summed E-state index contributed by atoms with van der Waals surface area (Å²) in [4.78, 5) is 28.2. The number of hydrogen-bond donors (Lipinski definition) is 1. The number of carbonyl (C=O) groups is 2. The van der Waals surface area contributed by atoms with Gasteiger partial charge in [-0.05, 0) is 59.4 Å². The molecule has 8 heteroatoms. The van der Waals surface area contributed by atoms with E-state index in [4.69, 9.17) is 4.74 Å². The Morgan fingerprint density at radius 3 is 2.45 bits per heavy atom. The Balaban J connectivity index is 1.74. The van der Waals surface area contributed by atoms with Crippen molar-refractivity contribution in [1.82, 2.24) is 24.9 Å². The number of urea groups is 1. The molecule has 0 radical (unpaired) electrons. The van der Waals surface area contributed by atoms with Gasteiger partial charge in [-0.1, -0.05) is 6.92 Å². The van der Waals surface area contributed by atoms with Gasteiger partial charge in [0, 0.05) is 45.0 Å². The van der Waals surface area contributed by atoms with Gasteiger partial charge in [-0.3, -0.25) is 4.68 Å². The Labute approximate surface area is 174 Å². The lowest BCUT2D eigenvalue weighted by atomic mass is 10.0. The van der Waals surface area contributed by atoms with E-state index in [-0.39, 0.29) is 24.1 Å². The van der Waals surface area contributed by atoms with E-state index in [1.165, 1.54) is 0 Å². The summed E-state index contributed by atoms with van der Waals surface area (Å²) in [6, 6.07) is 2.12.